The zero-order chi connectivity index (χ0) is 25.1. The van der Waals surface area contributed by atoms with E-state index in [1.807, 2.05) is 60.6 Å². The Bertz CT molecular complexity index is 1350. The molecule has 4 rings (SSSR count). The average molecular weight is 471 g/mol. The minimum atomic E-state index is -0.294. The summed E-state index contributed by atoms with van der Waals surface area (Å²) in [7, 11) is 0. The molecule has 180 valence electrons. The number of aromatic nitrogens is 3. The first kappa shape index (κ1) is 24.0. The maximum Gasteiger partial charge on any atom is 0.255 e. The van der Waals surface area contributed by atoms with Gasteiger partial charge in [0.15, 0.2) is 0 Å². The van der Waals surface area contributed by atoms with Gasteiger partial charge in [0.2, 0.25) is 5.91 Å². The number of likely N-dealkylation sites (tertiary alicyclic amines) is 1. The Hall–Kier alpha value is -4.12. The first-order valence-corrected chi connectivity index (χ1v) is 11.7. The molecule has 8 heteroatoms. The first-order valence-electron chi connectivity index (χ1n) is 11.7. The molecule has 3 atom stereocenters. The van der Waals surface area contributed by atoms with E-state index in [0.29, 0.717) is 35.3 Å². The van der Waals surface area contributed by atoms with E-state index in [1.165, 1.54) is 6.33 Å². The molecule has 1 unspecified atom stereocenters. The molecule has 3 N–H and O–H groups in total. The van der Waals surface area contributed by atoms with Gasteiger partial charge in [0.1, 0.15) is 23.5 Å². The number of allylic oxidation sites excluding steroid dienone is 1. The molecule has 0 aliphatic carbocycles. The van der Waals surface area contributed by atoms with E-state index in [1.54, 1.807) is 19.1 Å². The summed E-state index contributed by atoms with van der Waals surface area (Å²) in [6, 6.07) is 9.43. The second-order valence-electron chi connectivity index (χ2n) is 8.76. The molecule has 0 spiro atoms. The third-order valence-electron chi connectivity index (χ3n) is 6.44. The Morgan fingerprint density at radius 1 is 1.26 bits per heavy atom. The van der Waals surface area contributed by atoms with Crippen molar-refractivity contribution in [3.05, 3.63) is 65.6 Å². The number of hydrogen-bond acceptors (Lipinski definition) is 5. The van der Waals surface area contributed by atoms with Gasteiger partial charge in [0.05, 0.1) is 23.0 Å². The van der Waals surface area contributed by atoms with Crippen LogP contribution in [0.5, 0.6) is 0 Å². The van der Waals surface area contributed by atoms with Crippen LogP contribution in [0.2, 0.25) is 0 Å². The van der Waals surface area contributed by atoms with Crippen molar-refractivity contribution in [2.24, 2.45) is 0 Å². The number of rotatable bonds is 5. The van der Waals surface area contributed by atoms with Crippen LogP contribution in [0.1, 0.15) is 67.8 Å². The lowest BCUT2D eigenvalue weighted by Crippen LogP contribution is -2.32. The van der Waals surface area contributed by atoms with Gasteiger partial charge >= 0.3 is 0 Å². The number of hydrogen-bond donors (Lipinski definition) is 2. The largest absolute Gasteiger partial charge is 0.383 e. The molecule has 2 amide bonds. The van der Waals surface area contributed by atoms with Crippen molar-refractivity contribution >= 4 is 28.7 Å². The predicted octanol–water partition coefficient (Wildman–Crippen LogP) is 3.61. The third kappa shape index (κ3) is 4.50. The summed E-state index contributed by atoms with van der Waals surface area (Å²) in [4.78, 5) is 36.8. The molecule has 3 heterocycles. The summed E-state index contributed by atoms with van der Waals surface area (Å²) >= 11 is 0. The van der Waals surface area contributed by atoms with Crippen LogP contribution in [0.4, 0.5) is 5.82 Å². The SMILES string of the molecule is CC#Cc1c(C(=O)NC(C)c2ccccc2)c2c(N)ncnc2n1[C@@H]1C[C@H](C)N(C(=O)/C=C/C)C1. The standard InChI is InChI=1S/C27H30N6O2/c1-5-10-21-23(27(35)31-18(4)19-12-8-7-9-13-19)24-25(28)29-16-30-26(24)33(21)20-14-17(3)32(15-20)22(34)11-6-2/h6-9,11-13,16-18,20H,14-15H2,1-4H3,(H,31,35)(H2,28,29,30)/b11-6+/t17-,18?,20+/m0/s1. The van der Waals surface area contributed by atoms with Crippen molar-refractivity contribution in [2.75, 3.05) is 12.3 Å². The molecule has 1 aliphatic rings. The number of nitrogens with two attached hydrogens (primary N) is 1. The van der Waals surface area contributed by atoms with Crippen molar-refractivity contribution in [2.45, 2.75) is 52.2 Å². The van der Waals surface area contributed by atoms with Crippen LogP contribution in [-0.4, -0.2) is 43.8 Å². The lowest BCUT2D eigenvalue weighted by Gasteiger charge is -2.19. The van der Waals surface area contributed by atoms with Crippen LogP contribution in [0.3, 0.4) is 0 Å². The number of nitrogens with zero attached hydrogens (tertiary/aromatic N) is 4. The fraction of sp³-hybridized carbons (Fsp3) is 0.333. The third-order valence-corrected chi connectivity index (χ3v) is 6.44. The Labute approximate surface area is 205 Å². The van der Waals surface area contributed by atoms with E-state index in [4.69, 9.17) is 5.73 Å². The van der Waals surface area contributed by atoms with E-state index >= 15 is 0 Å². The van der Waals surface area contributed by atoms with Crippen molar-refractivity contribution in [1.82, 2.24) is 24.8 Å². The summed E-state index contributed by atoms with van der Waals surface area (Å²) in [5, 5.41) is 3.56. The monoisotopic (exact) mass is 470 g/mol. The highest BCUT2D eigenvalue weighted by atomic mass is 16.2. The molecule has 0 bridgehead atoms. The predicted molar refractivity (Wildman–Crippen MR) is 136 cm³/mol. The highest BCUT2D eigenvalue weighted by molar-refractivity contribution is 6.12. The number of nitrogens with one attached hydrogen (secondary N) is 1. The Kier molecular flexibility index (Phi) is 6.87. The summed E-state index contributed by atoms with van der Waals surface area (Å²) in [6.45, 7) is 7.99. The fourth-order valence-corrected chi connectivity index (χ4v) is 4.80. The second-order valence-corrected chi connectivity index (χ2v) is 8.76. The van der Waals surface area contributed by atoms with E-state index < -0.39 is 0 Å². The summed E-state index contributed by atoms with van der Waals surface area (Å²) in [5.41, 5.74) is 8.72. The van der Waals surface area contributed by atoms with E-state index in [-0.39, 0.29) is 35.8 Å². The van der Waals surface area contributed by atoms with Gasteiger partial charge in [-0.1, -0.05) is 42.3 Å². The quantitative estimate of drug-likeness (QED) is 0.438. The Morgan fingerprint density at radius 2 is 2.00 bits per heavy atom. The number of anilines is 1. The zero-order valence-corrected chi connectivity index (χ0v) is 20.4. The number of fused-ring (bicyclic) bond motifs is 1. The number of benzene rings is 1. The van der Waals surface area contributed by atoms with Crippen LogP contribution >= 0.6 is 0 Å². The highest BCUT2D eigenvalue weighted by Gasteiger charge is 2.36. The highest BCUT2D eigenvalue weighted by Crippen LogP contribution is 2.36. The van der Waals surface area contributed by atoms with Crippen molar-refractivity contribution < 1.29 is 9.59 Å². The topological polar surface area (TPSA) is 106 Å². The molecule has 1 aliphatic heterocycles. The molecule has 0 radical (unpaired) electrons. The molecule has 2 aromatic heterocycles. The normalized spacial score (nSPS) is 18.5. The average Bonchev–Trinajstić information content (AvgIpc) is 3.38. The van der Waals surface area contributed by atoms with Gasteiger partial charge < -0.3 is 20.5 Å². The van der Waals surface area contributed by atoms with E-state index in [0.717, 1.165) is 5.56 Å². The van der Waals surface area contributed by atoms with Gasteiger partial charge in [0.25, 0.3) is 5.91 Å². The molecule has 1 fully saturated rings. The molecule has 8 nitrogen and oxygen atoms in total. The zero-order valence-electron chi connectivity index (χ0n) is 20.4. The van der Waals surface area contributed by atoms with Crippen LogP contribution < -0.4 is 11.1 Å². The number of carbonyl (C=O) groups excluding carboxylic acids is 2. The van der Waals surface area contributed by atoms with Crippen LogP contribution in [0, 0.1) is 11.8 Å². The molecular weight excluding hydrogens is 440 g/mol. The lowest BCUT2D eigenvalue weighted by atomic mass is 10.1. The van der Waals surface area contributed by atoms with Crippen molar-refractivity contribution in [1.29, 1.82) is 0 Å². The molecule has 1 aromatic carbocycles. The maximum atomic E-state index is 13.7. The fourth-order valence-electron chi connectivity index (χ4n) is 4.80. The van der Waals surface area contributed by atoms with E-state index in [9.17, 15) is 9.59 Å². The first-order chi connectivity index (χ1) is 16.9. The minimum absolute atomic E-state index is 0.0261. The number of amides is 2. The van der Waals surface area contributed by atoms with Crippen LogP contribution in [-0.2, 0) is 4.79 Å². The molecular formula is C27H30N6O2. The minimum Gasteiger partial charge on any atom is -0.383 e. The number of nitrogen functional groups attached to an aromatic ring is 1. The molecule has 3 aromatic rings. The van der Waals surface area contributed by atoms with Crippen LogP contribution in [0.15, 0.2) is 48.8 Å². The van der Waals surface area contributed by atoms with Gasteiger partial charge in [-0.3, -0.25) is 9.59 Å². The van der Waals surface area contributed by atoms with Crippen molar-refractivity contribution in [3.63, 3.8) is 0 Å². The Balaban J connectivity index is 1.82. The van der Waals surface area contributed by atoms with Gasteiger partial charge in [-0.25, -0.2) is 9.97 Å². The van der Waals surface area contributed by atoms with Gasteiger partial charge in [-0.2, -0.15) is 0 Å². The van der Waals surface area contributed by atoms with Crippen molar-refractivity contribution in [3.8, 4) is 11.8 Å². The van der Waals surface area contributed by atoms with Crippen LogP contribution in [0.25, 0.3) is 11.0 Å². The maximum absolute atomic E-state index is 13.7. The smallest absolute Gasteiger partial charge is 0.255 e. The lowest BCUT2D eigenvalue weighted by molar-refractivity contribution is -0.126. The number of carbonyl (C=O) groups is 2. The van der Waals surface area contributed by atoms with Gasteiger partial charge in [-0.05, 0) is 51.7 Å². The molecule has 35 heavy (non-hydrogen) atoms. The molecule has 1 saturated heterocycles. The summed E-state index contributed by atoms with van der Waals surface area (Å²) in [6.07, 6.45) is 5.42. The van der Waals surface area contributed by atoms with Gasteiger partial charge in [0, 0.05) is 12.6 Å². The second kappa shape index (κ2) is 10.0. The summed E-state index contributed by atoms with van der Waals surface area (Å²) in [5.74, 6) is 5.96. The Morgan fingerprint density at radius 3 is 2.69 bits per heavy atom. The summed E-state index contributed by atoms with van der Waals surface area (Å²) < 4.78 is 1.96. The van der Waals surface area contributed by atoms with E-state index in [2.05, 4.69) is 27.1 Å². The molecule has 0 saturated carbocycles. The van der Waals surface area contributed by atoms with Gasteiger partial charge in [-0.15, -0.1) is 0 Å².